The molecule has 1 aliphatic carbocycles. The third-order valence-corrected chi connectivity index (χ3v) is 3.65. The Balaban J connectivity index is 1.80. The molecule has 1 fully saturated rings. The summed E-state index contributed by atoms with van der Waals surface area (Å²) in [6.07, 6.45) is 6.74. The fourth-order valence-corrected chi connectivity index (χ4v) is 2.44. The fraction of sp³-hybridized carbons (Fsp3) is 0.412. The van der Waals surface area contributed by atoms with Crippen molar-refractivity contribution >= 4 is 0 Å². The lowest BCUT2D eigenvalue weighted by Gasteiger charge is -2.06. The van der Waals surface area contributed by atoms with Gasteiger partial charge >= 0.3 is 0 Å². The van der Waals surface area contributed by atoms with Gasteiger partial charge in [-0.25, -0.2) is 0 Å². The lowest BCUT2D eigenvalue weighted by molar-refractivity contribution is 0.483. The van der Waals surface area contributed by atoms with Crippen LogP contribution in [0.2, 0.25) is 0 Å². The maximum absolute atomic E-state index is 5.63. The molecule has 1 saturated carbocycles. The molecule has 0 atom stereocenters. The van der Waals surface area contributed by atoms with Crippen molar-refractivity contribution in [1.29, 1.82) is 0 Å². The highest BCUT2D eigenvalue weighted by Gasteiger charge is 2.21. The van der Waals surface area contributed by atoms with E-state index in [1.54, 1.807) is 6.26 Å². The van der Waals surface area contributed by atoms with E-state index in [-0.39, 0.29) is 0 Å². The first kappa shape index (κ1) is 12.5. The number of benzene rings is 1. The third kappa shape index (κ3) is 3.07. The van der Waals surface area contributed by atoms with Crippen LogP contribution in [0.1, 0.15) is 37.5 Å². The van der Waals surface area contributed by atoms with Crippen LogP contribution in [-0.2, 0) is 13.0 Å². The van der Waals surface area contributed by atoms with E-state index >= 15 is 0 Å². The normalized spacial score (nSPS) is 14.8. The topological polar surface area (TPSA) is 25.2 Å². The summed E-state index contributed by atoms with van der Waals surface area (Å²) in [5.74, 6) is 1.06. The highest BCUT2D eigenvalue weighted by Crippen LogP contribution is 2.27. The molecule has 0 bridgehead atoms. The van der Waals surface area contributed by atoms with Gasteiger partial charge in [0.05, 0.1) is 12.8 Å². The van der Waals surface area contributed by atoms with E-state index in [1.165, 1.54) is 36.0 Å². The van der Waals surface area contributed by atoms with Crippen molar-refractivity contribution in [3.63, 3.8) is 0 Å². The predicted molar refractivity (Wildman–Crippen MR) is 78.0 cm³/mol. The van der Waals surface area contributed by atoms with Gasteiger partial charge in [0.15, 0.2) is 0 Å². The lowest BCUT2D eigenvalue weighted by atomic mass is 10.0. The molecule has 1 heterocycles. The van der Waals surface area contributed by atoms with Crippen LogP contribution in [0.5, 0.6) is 0 Å². The minimum Gasteiger partial charge on any atom is -0.467 e. The molecule has 1 aliphatic rings. The van der Waals surface area contributed by atoms with Crippen LogP contribution in [-0.4, -0.2) is 6.04 Å². The zero-order valence-corrected chi connectivity index (χ0v) is 11.5. The molecule has 0 unspecified atom stereocenters. The van der Waals surface area contributed by atoms with Gasteiger partial charge in [0.1, 0.15) is 5.76 Å². The summed E-state index contributed by atoms with van der Waals surface area (Å²) in [7, 11) is 0. The molecule has 0 saturated heterocycles. The van der Waals surface area contributed by atoms with E-state index in [9.17, 15) is 0 Å². The van der Waals surface area contributed by atoms with Gasteiger partial charge in [0.2, 0.25) is 0 Å². The van der Waals surface area contributed by atoms with E-state index in [2.05, 4.69) is 42.6 Å². The Labute approximate surface area is 114 Å². The molecule has 3 rings (SSSR count). The van der Waals surface area contributed by atoms with Gasteiger partial charge in [0.25, 0.3) is 0 Å². The van der Waals surface area contributed by atoms with Gasteiger partial charge in [-0.1, -0.05) is 37.6 Å². The molecule has 0 amide bonds. The smallest absolute Gasteiger partial charge is 0.125 e. The number of rotatable bonds is 6. The predicted octanol–water partition coefficient (Wildman–Crippen LogP) is 4.15. The second-order valence-corrected chi connectivity index (χ2v) is 5.36. The number of hydrogen-bond donors (Lipinski definition) is 1. The molecule has 2 heteroatoms. The van der Waals surface area contributed by atoms with Crippen LogP contribution in [0.3, 0.4) is 0 Å². The van der Waals surface area contributed by atoms with Gasteiger partial charge in [0, 0.05) is 11.6 Å². The average Bonchev–Trinajstić information content (AvgIpc) is 3.14. The Bertz CT molecular complexity index is 540. The Morgan fingerprint density at radius 2 is 2.16 bits per heavy atom. The number of nitrogens with one attached hydrogen (secondary N) is 1. The molecule has 0 aliphatic heterocycles. The summed E-state index contributed by atoms with van der Waals surface area (Å²) in [6.45, 7) is 3.06. The van der Waals surface area contributed by atoms with Crippen LogP contribution in [0.15, 0.2) is 41.0 Å². The molecule has 1 aromatic heterocycles. The maximum Gasteiger partial charge on any atom is 0.125 e. The van der Waals surface area contributed by atoms with Gasteiger partial charge in [-0.2, -0.15) is 0 Å². The number of aryl methyl sites for hydroxylation is 1. The monoisotopic (exact) mass is 255 g/mol. The second-order valence-electron chi connectivity index (χ2n) is 5.36. The van der Waals surface area contributed by atoms with Gasteiger partial charge in [-0.05, 0) is 36.5 Å². The molecule has 2 nitrogen and oxygen atoms in total. The zero-order valence-electron chi connectivity index (χ0n) is 11.5. The van der Waals surface area contributed by atoms with Crippen LogP contribution in [0.25, 0.3) is 11.1 Å². The Morgan fingerprint density at radius 1 is 1.26 bits per heavy atom. The van der Waals surface area contributed by atoms with Crippen molar-refractivity contribution in [3.05, 3.63) is 47.9 Å². The summed E-state index contributed by atoms with van der Waals surface area (Å²) in [6, 6.07) is 11.6. The van der Waals surface area contributed by atoms with E-state index in [0.29, 0.717) is 6.04 Å². The fourth-order valence-electron chi connectivity index (χ4n) is 2.44. The molecule has 1 aromatic carbocycles. The van der Waals surface area contributed by atoms with Crippen molar-refractivity contribution < 1.29 is 4.42 Å². The van der Waals surface area contributed by atoms with Gasteiger partial charge in [-0.15, -0.1) is 0 Å². The van der Waals surface area contributed by atoms with Gasteiger partial charge < -0.3 is 9.73 Å². The van der Waals surface area contributed by atoms with Crippen LogP contribution in [0.4, 0.5) is 0 Å². The Hall–Kier alpha value is -1.54. The van der Waals surface area contributed by atoms with Crippen molar-refractivity contribution in [2.45, 2.75) is 45.2 Å². The molecule has 1 N–H and O–H groups in total. The summed E-state index contributed by atoms with van der Waals surface area (Å²) in [5.41, 5.74) is 3.90. The molecular formula is C17H21NO. The molecule has 19 heavy (non-hydrogen) atoms. The van der Waals surface area contributed by atoms with E-state index < -0.39 is 0 Å². The lowest BCUT2D eigenvalue weighted by Crippen LogP contribution is -2.15. The first-order valence-electron chi connectivity index (χ1n) is 7.26. The van der Waals surface area contributed by atoms with Gasteiger partial charge in [-0.3, -0.25) is 0 Å². The van der Waals surface area contributed by atoms with Crippen LogP contribution < -0.4 is 5.32 Å². The maximum atomic E-state index is 5.63. The zero-order chi connectivity index (χ0) is 13.1. The highest BCUT2D eigenvalue weighted by molar-refractivity contribution is 5.66. The molecule has 2 aromatic rings. The minimum atomic E-state index is 0.712. The molecule has 0 radical (unpaired) electrons. The third-order valence-electron chi connectivity index (χ3n) is 3.65. The summed E-state index contributed by atoms with van der Waals surface area (Å²) in [5, 5.41) is 3.52. The molecular weight excluding hydrogens is 234 g/mol. The first-order chi connectivity index (χ1) is 9.36. The summed E-state index contributed by atoms with van der Waals surface area (Å²) >= 11 is 0. The highest BCUT2D eigenvalue weighted by atomic mass is 16.3. The second kappa shape index (κ2) is 5.62. The summed E-state index contributed by atoms with van der Waals surface area (Å²) < 4.78 is 5.63. The van der Waals surface area contributed by atoms with Crippen molar-refractivity contribution in [3.8, 4) is 11.1 Å². The van der Waals surface area contributed by atoms with Crippen LogP contribution >= 0.6 is 0 Å². The van der Waals surface area contributed by atoms with Crippen molar-refractivity contribution in [2.75, 3.05) is 0 Å². The Morgan fingerprint density at radius 3 is 2.95 bits per heavy atom. The van der Waals surface area contributed by atoms with E-state index in [4.69, 9.17) is 4.42 Å². The first-order valence-corrected chi connectivity index (χ1v) is 7.26. The number of hydrogen-bond acceptors (Lipinski definition) is 2. The largest absolute Gasteiger partial charge is 0.467 e. The summed E-state index contributed by atoms with van der Waals surface area (Å²) in [4.78, 5) is 0. The minimum absolute atomic E-state index is 0.712. The van der Waals surface area contributed by atoms with E-state index in [1.807, 2.05) is 0 Å². The number of furan rings is 1. The molecule has 100 valence electrons. The van der Waals surface area contributed by atoms with Crippen molar-refractivity contribution in [2.24, 2.45) is 0 Å². The standard InChI is InChI=1S/C17H21NO/c1-2-4-13-5-3-6-14(11-13)16-9-10-19-17(16)12-18-15-7-8-15/h3,5-6,9-11,15,18H,2,4,7-8,12H2,1H3. The average molecular weight is 255 g/mol. The van der Waals surface area contributed by atoms with Crippen LogP contribution in [0, 0.1) is 0 Å². The van der Waals surface area contributed by atoms with Crippen molar-refractivity contribution in [1.82, 2.24) is 5.32 Å². The quantitative estimate of drug-likeness (QED) is 0.838. The Kier molecular flexibility index (Phi) is 3.69. The van der Waals surface area contributed by atoms with E-state index in [0.717, 1.165) is 18.7 Å². The molecule has 0 spiro atoms. The SMILES string of the molecule is CCCc1cccc(-c2ccoc2CNC2CC2)c1.